The minimum Gasteiger partial charge on any atom is -0.376 e. The summed E-state index contributed by atoms with van der Waals surface area (Å²) in [7, 11) is 0. The van der Waals surface area contributed by atoms with Gasteiger partial charge >= 0.3 is 0 Å². The van der Waals surface area contributed by atoms with Crippen LogP contribution in [-0.4, -0.2) is 46.4 Å². The summed E-state index contributed by atoms with van der Waals surface area (Å²) in [5.41, 5.74) is 1.15. The number of carbonyl (C=O) groups is 2. The third kappa shape index (κ3) is 5.64. The number of nitrogens with one attached hydrogen (secondary N) is 1. The van der Waals surface area contributed by atoms with Crippen LogP contribution < -0.4 is 5.32 Å². The molecule has 4 rings (SSSR count). The molecule has 0 aliphatic carbocycles. The van der Waals surface area contributed by atoms with Crippen molar-refractivity contribution in [3.63, 3.8) is 0 Å². The Morgan fingerprint density at radius 3 is 2.65 bits per heavy atom. The highest BCUT2D eigenvalue weighted by molar-refractivity contribution is 8.15. The fourth-order valence-corrected chi connectivity index (χ4v) is 4.72. The van der Waals surface area contributed by atoms with Crippen LogP contribution in [0, 0.1) is 5.82 Å². The minimum absolute atomic E-state index is 0.0114. The Kier molecular flexibility index (Phi) is 6.89. The molecule has 2 aromatic carbocycles. The van der Waals surface area contributed by atoms with Crippen LogP contribution in [0.5, 0.6) is 0 Å². The van der Waals surface area contributed by atoms with E-state index in [1.165, 1.54) is 36.0 Å². The highest BCUT2D eigenvalue weighted by Crippen LogP contribution is 2.33. The van der Waals surface area contributed by atoms with Crippen LogP contribution in [0.3, 0.4) is 0 Å². The molecule has 2 aliphatic rings. The lowest BCUT2D eigenvalue weighted by Crippen LogP contribution is -2.38. The number of anilines is 1. The van der Waals surface area contributed by atoms with Crippen molar-refractivity contribution in [2.24, 2.45) is 4.99 Å². The monoisotopic (exact) mass is 461 g/mol. The molecule has 162 valence electrons. The van der Waals surface area contributed by atoms with Gasteiger partial charge in [-0.15, -0.1) is 0 Å². The predicted molar refractivity (Wildman–Crippen MR) is 120 cm³/mol. The van der Waals surface area contributed by atoms with Gasteiger partial charge < -0.3 is 10.1 Å². The van der Waals surface area contributed by atoms with E-state index in [1.807, 2.05) is 0 Å². The van der Waals surface area contributed by atoms with Gasteiger partial charge in [-0.05, 0) is 61.4 Å². The van der Waals surface area contributed by atoms with E-state index in [2.05, 4.69) is 10.3 Å². The molecule has 2 saturated heterocycles. The summed E-state index contributed by atoms with van der Waals surface area (Å²) in [6.07, 6.45) is 1.81. The largest absolute Gasteiger partial charge is 0.376 e. The molecule has 9 heteroatoms. The van der Waals surface area contributed by atoms with Gasteiger partial charge in [-0.2, -0.15) is 0 Å². The molecule has 2 amide bonds. The summed E-state index contributed by atoms with van der Waals surface area (Å²) in [6.45, 7) is 1.10. The number of amidine groups is 1. The molecule has 0 aromatic heterocycles. The number of hydrogen-bond acceptors (Lipinski definition) is 5. The van der Waals surface area contributed by atoms with Crippen LogP contribution >= 0.6 is 23.4 Å². The molecule has 31 heavy (non-hydrogen) atoms. The van der Waals surface area contributed by atoms with Crippen molar-refractivity contribution in [3.05, 3.63) is 59.4 Å². The average Bonchev–Trinajstić information content (AvgIpc) is 3.36. The number of aliphatic imine (C=N–C) groups is 1. The van der Waals surface area contributed by atoms with Crippen molar-refractivity contribution < 1.29 is 18.7 Å². The van der Waals surface area contributed by atoms with Gasteiger partial charge in [0.1, 0.15) is 11.1 Å². The number of hydrogen-bond donors (Lipinski definition) is 1. The zero-order chi connectivity index (χ0) is 21.8. The predicted octanol–water partition coefficient (Wildman–Crippen LogP) is 4.62. The van der Waals surface area contributed by atoms with Crippen molar-refractivity contribution in [2.45, 2.75) is 30.6 Å². The summed E-state index contributed by atoms with van der Waals surface area (Å²) >= 11 is 7.22. The smallest absolute Gasteiger partial charge is 0.242 e. The fourth-order valence-electron chi connectivity index (χ4n) is 3.42. The second kappa shape index (κ2) is 9.80. The van der Waals surface area contributed by atoms with Crippen molar-refractivity contribution in [3.8, 4) is 0 Å². The van der Waals surface area contributed by atoms with Crippen molar-refractivity contribution in [1.82, 2.24) is 4.90 Å². The number of amides is 2. The number of rotatable bonds is 6. The molecule has 2 fully saturated rings. The minimum atomic E-state index is -0.590. The highest BCUT2D eigenvalue weighted by atomic mass is 35.5. The van der Waals surface area contributed by atoms with E-state index in [1.54, 1.807) is 29.2 Å². The van der Waals surface area contributed by atoms with Gasteiger partial charge in [-0.3, -0.25) is 14.5 Å². The van der Waals surface area contributed by atoms with E-state index >= 15 is 0 Å². The summed E-state index contributed by atoms with van der Waals surface area (Å²) in [5.74, 6) is -0.864. The topological polar surface area (TPSA) is 71.0 Å². The lowest BCUT2D eigenvalue weighted by molar-refractivity contribution is -0.129. The number of carbonyl (C=O) groups excluding carboxylic acids is 2. The number of nitrogens with zero attached hydrogens (tertiary/aromatic N) is 2. The van der Waals surface area contributed by atoms with Gasteiger partial charge in [0.05, 0.1) is 18.3 Å². The van der Waals surface area contributed by atoms with Crippen molar-refractivity contribution >= 4 is 51.7 Å². The molecule has 0 bridgehead atoms. The van der Waals surface area contributed by atoms with E-state index in [0.717, 1.165) is 12.8 Å². The lowest BCUT2D eigenvalue weighted by atomic mass is 10.2. The third-order valence-electron chi connectivity index (χ3n) is 4.98. The molecule has 0 saturated carbocycles. The molecule has 0 spiro atoms. The molecule has 6 nitrogen and oxygen atoms in total. The fraction of sp³-hybridized carbons (Fsp3) is 0.318. The quantitative estimate of drug-likeness (QED) is 0.681. The first-order chi connectivity index (χ1) is 15.0. The Hall–Kier alpha value is -2.42. The third-order valence-corrected chi connectivity index (χ3v) is 6.41. The van der Waals surface area contributed by atoms with Gasteiger partial charge in [-0.1, -0.05) is 23.4 Å². The second-order valence-corrected chi connectivity index (χ2v) is 8.93. The van der Waals surface area contributed by atoms with Crippen LogP contribution in [0.4, 0.5) is 15.8 Å². The zero-order valence-corrected chi connectivity index (χ0v) is 18.2. The Bertz CT molecular complexity index is 979. The molecular formula is C22H21ClFN3O3S. The Morgan fingerprint density at radius 1 is 1.23 bits per heavy atom. The highest BCUT2D eigenvalue weighted by Gasteiger charge is 2.40. The molecule has 2 atom stereocenters. The molecular weight excluding hydrogens is 441 g/mol. The van der Waals surface area contributed by atoms with E-state index in [4.69, 9.17) is 16.3 Å². The number of benzene rings is 2. The van der Waals surface area contributed by atoms with Crippen LogP contribution in [-0.2, 0) is 14.3 Å². The molecule has 0 unspecified atom stereocenters. The van der Waals surface area contributed by atoms with Gasteiger partial charge in [0, 0.05) is 23.7 Å². The van der Waals surface area contributed by atoms with Gasteiger partial charge in [0.2, 0.25) is 11.8 Å². The van der Waals surface area contributed by atoms with Gasteiger partial charge in [0.15, 0.2) is 5.17 Å². The number of thioether (sulfide) groups is 1. The SMILES string of the molecule is O=C(C[C@@H]1SC(=Nc2ccc(Cl)cc2)N(C[C@@H]2CCCO2)C1=O)Nc1ccc(F)cc1. The van der Waals surface area contributed by atoms with Crippen molar-refractivity contribution in [1.29, 1.82) is 0 Å². The molecule has 2 heterocycles. The second-order valence-electron chi connectivity index (χ2n) is 7.32. The van der Waals surface area contributed by atoms with Crippen LogP contribution in [0.15, 0.2) is 53.5 Å². The van der Waals surface area contributed by atoms with Gasteiger partial charge in [0.25, 0.3) is 0 Å². The van der Waals surface area contributed by atoms with E-state index in [9.17, 15) is 14.0 Å². The standard InChI is InChI=1S/C22H21ClFN3O3S/c23-14-3-7-17(8-4-14)26-22-27(13-18-2-1-11-30-18)21(29)19(31-22)12-20(28)25-16-9-5-15(24)6-10-16/h3-10,18-19H,1-2,11-13H2,(H,25,28)/t18-,19-/m0/s1. The first kappa shape index (κ1) is 21.8. The summed E-state index contributed by atoms with van der Waals surface area (Å²) in [6, 6.07) is 12.5. The van der Waals surface area contributed by atoms with Crippen LogP contribution in [0.2, 0.25) is 5.02 Å². The van der Waals surface area contributed by atoms with Crippen LogP contribution in [0.25, 0.3) is 0 Å². The average molecular weight is 462 g/mol. The summed E-state index contributed by atoms with van der Waals surface area (Å²) in [4.78, 5) is 31.8. The maximum atomic E-state index is 13.1. The molecule has 2 aliphatic heterocycles. The Labute approximate surface area is 188 Å². The molecule has 2 aromatic rings. The van der Waals surface area contributed by atoms with E-state index < -0.39 is 5.25 Å². The van der Waals surface area contributed by atoms with Gasteiger partial charge in [-0.25, -0.2) is 9.38 Å². The first-order valence-corrected chi connectivity index (χ1v) is 11.2. The first-order valence-electron chi connectivity index (χ1n) is 9.97. The maximum Gasteiger partial charge on any atom is 0.242 e. The maximum absolute atomic E-state index is 13.1. The van der Waals surface area contributed by atoms with E-state index in [-0.39, 0.29) is 30.2 Å². The number of halogens is 2. The Balaban J connectivity index is 1.48. The normalized spacial score (nSPS) is 22.3. The van der Waals surface area contributed by atoms with Crippen LogP contribution in [0.1, 0.15) is 19.3 Å². The number of ether oxygens (including phenoxy) is 1. The molecule has 1 N–H and O–H groups in total. The molecule has 0 radical (unpaired) electrons. The lowest BCUT2D eigenvalue weighted by Gasteiger charge is -2.20. The summed E-state index contributed by atoms with van der Waals surface area (Å²) in [5, 5.41) is 3.26. The summed E-state index contributed by atoms with van der Waals surface area (Å²) < 4.78 is 18.8. The zero-order valence-electron chi connectivity index (χ0n) is 16.6. The Morgan fingerprint density at radius 2 is 1.97 bits per heavy atom. The van der Waals surface area contributed by atoms with E-state index in [0.29, 0.717) is 34.7 Å². The van der Waals surface area contributed by atoms with Crippen molar-refractivity contribution in [2.75, 3.05) is 18.5 Å².